The normalized spacial score (nSPS) is 35.1. The van der Waals surface area contributed by atoms with Gasteiger partial charge < -0.3 is 0 Å². The minimum Gasteiger partial charge on any atom is -0.226 e. The molecule has 1 aromatic rings. The minimum atomic E-state index is -0.116. The molecule has 2 saturated heterocycles. The van der Waals surface area contributed by atoms with E-state index in [1.165, 1.54) is 6.07 Å². The third-order valence-corrected chi connectivity index (χ3v) is 3.16. The molecule has 3 heteroatoms. The van der Waals surface area contributed by atoms with Gasteiger partial charge in [-0.25, -0.2) is 9.40 Å². The topological polar surface area (TPSA) is 17.3 Å². The molecule has 2 aliphatic rings. The second kappa shape index (κ2) is 3.04. The van der Waals surface area contributed by atoms with Crippen LogP contribution < -0.4 is 5.43 Å². The van der Waals surface area contributed by atoms with Gasteiger partial charge in [-0.2, -0.15) is 5.43 Å². The number of rotatable bonds is 1. The molecule has 0 saturated carbocycles. The van der Waals surface area contributed by atoms with Crippen molar-refractivity contribution >= 4 is 0 Å². The first-order chi connectivity index (χ1) is 6.84. The van der Waals surface area contributed by atoms with Gasteiger partial charge in [0.15, 0.2) is 0 Å². The summed E-state index contributed by atoms with van der Waals surface area (Å²) in [6, 6.07) is 7.06. The maximum atomic E-state index is 13.5. The summed E-state index contributed by atoms with van der Waals surface area (Å²) in [5.41, 5.74) is 5.24. The number of hydrogen-bond donors (Lipinski definition) is 0. The molecular formula is C11H12FN2. The number of fused-ring (bicyclic) bond motifs is 2. The lowest BCUT2D eigenvalue weighted by Crippen LogP contribution is -2.28. The van der Waals surface area contributed by atoms with Crippen molar-refractivity contribution in [3.05, 3.63) is 35.6 Å². The van der Waals surface area contributed by atoms with E-state index in [1.807, 2.05) is 12.1 Å². The zero-order valence-corrected chi connectivity index (χ0v) is 7.86. The molecule has 3 unspecified atom stereocenters. The smallest absolute Gasteiger partial charge is 0.128 e. The number of nitrogens with zero attached hydrogens (tertiary/aromatic N) is 2. The largest absolute Gasteiger partial charge is 0.226 e. The number of hydrogen-bond acceptors (Lipinski definition) is 1. The van der Waals surface area contributed by atoms with Crippen LogP contribution in [0.3, 0.4) is 0 Å². The highest BCUT2D eigenvalue weighted by Crippen LogP contribution is 2.38. The Morgan fingerprint density at radius 1 is 1.36 bits per heavy atom. The second-order valence-electron chi connectivity index (χ2n) is 4.04. The monoisotopic (exact) mass is 191 g/mol. The number of halogens is 1. The molecule has 14 heavy (non-hydrogen) atoms. The lowest BCUT2D eigenvalue weighted by molar-refractivity contribution is 0.217. The standard InChI is InChI=1S/C11H12FN2/c12-10-4-2-1-3-9(10)11-8-5-6-14(7-8)13-11/h1-4,8,11H,5-7H2. The fourth-order valence-corrected chi connectivity index (χ4v) is 2.43. The summed E-state index contributed by atoms with van der Waals surface area (Å²) in [5.74, 6) is 0.418. The van der Waals surface area contributed by atoms with Gasteiger partial charge in [0.05, 0.1) is 6.04 Å². The molecule has 0 amide bonds. The van der Waals surface area contributed by atoms with Crippen molar-refractivity contribution in [3.8, 4) is 0 Å². The molecular weight excluding hydrogens is 179 g/mol. The highest BCUT2D eigenvalue weighted by Gasteiger charge is 2.40. The van der Waals surface area contributed by atoms with E-state index in [0.717, 1.165) is 25.1 Å². The van der Waals surface area contributed by atoms with E-state index >= 15 is 0 Å². The summed E-state index contributed by atoms with van der Waals surface area (Å²) in [4.78, 5) is 0. The van der Waals surface area contributed by atoms with E-state index in [4.69, 9.17) is 0 Å². The van der Waals surface area contributed by atoms with Crippen molar-refractivity contribution in [2.24, 2.45) is 5.92 Å². The van der Waals surface area contributed by atoms with Crippen LogP contribution in [0.4, 0.5) is 4.39 Å². The molecule has 0 aromatic heterocycles. The van der Waals surface area contributed by atoms with Gasteiger partial charge in [-0.05, 0) is 18.4 Å². The molecule has 3 atom stereocenters. The molecule has 3 rings (SSSR count). The first kappa shape index (κ1) is 8.38. The van der Waals surface area contributed by atoms with E-state index in [9.17, 15) is 4.39 Å². The van der Waals surface area contributed by atoms with E-state index < -0.39 is 0 Å². The molecule has 0 aliphatic carbocycles. The van der Waals surface area contributed by atoms with Crippen molar-refractivity contribution in [2.75, 3.05) is 13.1 Å². The molecule has 2 bridgehead atoms. The predicted molar refractivity (Wildman–Crippen MR) is 51.0 cm³/mol. The van der Waals surface area contributed by atoms with Gasteiger partial charge in [-0.3, -0.25) is 0 Å². The van der Waals surface area contributed by atoms with Crippen LogP contribution >= 0.6 is 0 Å². The zero-order chi connectivity index (χ0) is 9.54. The lowest BCUT2D eigenvalue weighted by Gasteiger charge is -2.21. The van der Waals surface area contributed by atoms with Crippen molar-refractivity contribution in [3.63, 3.8) is 0 Å². The van der Waals surface area contributed by atoms with Gasteiger partial charge in [0.1, 0.15) is 5.82 Å². The van der Waals surface area contributed by atoms with Crippen LogP contribution in [0.25, 0.3) is 0 Å². The molecule has 0 spiro atoms. The Kier molecular flexibility index (Phi) is 1.82. The van der Waals surface area contributed by atoms with E-state index in [1.54, 1.807) is 6.07 Å². The fourth-order valence-electron chi connectivity index (χ4n) is 2.43. The Morgan fingerprint density at radius 2 is 2.21 bits per heavy atom. The van der Waals surface area contributed by atoms with Crippen LogP contribution in [0.2, 0.25) is 0 Å². The zero-order valence-electron chi connectivity index (χ0n) is 7.86. The first-order valence-electron chi connectivity index (χ1n) is 5.05. The minimum absolute atomic E-state index is 0.0740. The molecule has 2 heterocycles. The molecule has 1 aromatic carbocycles. The summed E-state index contributed by atoms with van der Waals surface area (Å²) in [6.07, 6.45) is 1.16. The van der Waals surface area contributed by atoms with Crippen LogP contribution in [-0.4, -0.2) is 18.1 Å². The number of benzene rings is 1. The van der Waals surface area contributed by atoms with Gasteiger partial charge in [-0.15, -0.1) is 0 Å². The molecule has 0 N–H and O–H groups in total. The highest BCUT2D eigenvalue weighted by atomic mass is 19.1. The summed E-state index contributed by atoms with van der Waals surface area (Å²) < 4.78 is 13.5. The summed E-state index contributed by atoms with van der Waals surface area (Å²) >= 11 is 0. The third kappa shape index (κ3) is 1.16. The quantitative estimate of drug-likeness (QED) is 0.660. The van der Waals surface area contributed by atoms with Gasteiger partial charge in [0.25, 0.3) is 0 Å². The molecule has 73 valence electrons. The Balaban J connectivity index is 1.93. The third-order valence-electron chi connectivity index (χ3n) is 3.16. The van der Waals surface area contributed by atoms with Crippen LogP contribution in [0.5, 0.6) is 0 Å². The second-order valence-corrected chi connectivity index (χ2v) is 4.04. The summed E-state index contributed by atoms with van der Waals surface area (Å²) in [7, 11) is 0. The fraction of sp³-hybridized carbons (Fsp3) is 0.455. The Hall–Kier alpha value is -0.930. The van der Waals surface area contributed by atoms with Crippen molar-refractivity contribution in [2.45, 2.75) is 12.5 Å². The van der Waals surface area contributed by atoms with Gasteiger partial charge in [0.2, 0.25) is 0 Å². The van der Waals surface area contributed by atoms with Crippen LogP contribution in [0, 0.1) is 11.7 Å². The van der Waals surface area contributed by atoms with Crippen LogP contribution in [-0.2, 0) is 0 Å². The maximum Gasteiger partial charge on any atom is 0.128 e. The van der Waals surface area contributed by atoms with Crippen molar-refractivity contribution in [1.82, 2.24) is 10.4 Å². The van der Waals surface area contributed by atoms with Gasteiger partial charge in [-0.1, -0.05) is 18.2 Å². The van der Waals surface area contributed by atoms with Gasteiger partial charge in [0, 0.05) is 18.7 Å². The first-order valence-corrected chi connectivity index (χ1v) is 5.05. The van der Waals surface area contributed by atoms with Crippen molar-refractivity contribution in [1.29, 1.82) is 0 Å². The Labute approximate surface area is 82.7 Å². The Morgan fingerprint density at radius 3 is 2.86 bits per heavy atom. The van der Waals surface area contributed by atoms with E-state index in [2.05, 4.69) is 10.4 Å². The molecule has 2 aliphatic heterocycles. The van der Waals surface area contributed by atoms with Crippen LogP contribution in [0.1, 0.15) is 18.0 Å². The Bertz CT molecular complexity index is 353. The summed E-state index contributed by atoms with van der Waals surface area (Å²) in [6.45, 7) is 2.06. The molecule has 2 fully saturated rings. The highest BCUT2D eigenvalue weighted by molar-refractivity contribution is 5.23. The van der Waals surface area contributed by atoms with E-state index in [0.29, 0.717) is 5.92 Å². The van der Waals surface area contributed by atoms with Gasteiger partial charge >= 0.3 is 0 Å². The summed E-state index contributed by atoms with van der Waals surface area (Å²) in [5, 5.41) is 2.07. The van der Waals surface area contributed by atoms with Crippen LogP contribution in [0.15, 0.2) is 24.3 Å². The van der Waals surface area contributed by atoms with E-state index in [-0.39, 0.29) is 11.9 Å². The average Bonchev–Trinajstić information content (AvgIpc) is 2.79. The SMILES string of the molecule is Fc1ccccc1C1[N]N2CCC1C2. The predicted octanol–water partition coefficient (Wildman–Crippen LogP) is 1.72. The molecule has 1 radical (unpaired) electrons. The average molecular weight is 191 g/mol. The maximum absolute atomic E-state index is 13.5. The molecule has 2 nitrogen and oxygen atoms in total. The van der Waals surface area contributed by atoms with Crippen molar-refractivity contribution < 1.29 is 4.39 Å². The lowest BCUT2D eigenvalue weighted by atomic mass is 9.93.